The van der Waals surface area contributed by atoms with Crippen molar-refractivity contribution in [3.63, 3.8) is 0 Å². The second-order valence-corrected chi connectivity index (χ2v) is 16.0. The van der Waals surface area contributed by atoms with Gasteiger partial charge in [-0.05, 0) is 109 Å². The lowest BCUT2D eigenvalue weighted by molar-refractivity contribution is -0.141. The van der Waals surface area contributed by atoms with Gasteiger partial charge >= 0.3 is 5.97 Å². The molecule has 2 fully saturated rings. The summed E-state index contributed by atoms with van der Waals surface area (Å²) in [6.07, 6.45) is 4.89. The first-order valence-electron chi connectivity index (χ1n) is 19.7. The van der Waals surface area contributed by atoms with Gasteiger partial charge in [-0.2, -0.15) is 10.2 Å². The zero-order valence-electron chi connectivity index (χ0n) is 31.9. The third-order valence-electron chi connectivity index (χ3n) is 12.3. The number of benzene rings is 3. The summed E-state index contributed by atoms with van der Waals surface area (Å²) in [4.78, 5) is 35.1. The largest absolute Gasteiger partial charge is 0.481 e. The third-order valence-corrected chi connectivity index (χ3v) is 12.5. The lowest BCUT2D eigenvalue weighted by Crippen LogP contribution is -2.35. The van der Waals surface area contributed by atoms with Gasteiger partial charge in [0.2, 0.25) is 23.6 Å². The molecule has 2 aliphatic heterocycles. The number of carboxylic acid groups (broad SMARTS) is 1. The maximum Gasteiger partial charge on any atom is 0.307 e. The first kappa shape index (κ1) is 37.1. The van der Waals surface area contributed by atoms with Gasteiger partial charge in [-0.3, -0.25) is 14.5 Å². The normalized spacial score (nSPS) is 21.4. The minimum atomic E-state index is -0.751. The van der Waals surface area contributed by atoms with Crippen LogP contribution in [0.1, 0.15) is 83.2 Å². The van der Waals surface area contributed by atoms with E-state index in [1.807, 2.05) is 24.3 Å². The van der Waals surface area contributed by atoms with Crippen molar-refractivity contribution in [2.24, 2.45) is 5.92 Å². The van der Waals surface area contributed by atoms with Crippen molar-refractivity contribution in [1.29, 1.82) is 5.26 Å². The standard InChI is InChI=1S/C44H43ClN6O6/c1-23-27(5-3-6-28(23)42-49-36-18-33-31(34(19-46)40(36)57-42)10-12-37(33)51-16-15-24(22-51)44(53)54)29-7-4-8-32-30(29)11-13-38(32)56-43-35(45)17-25(41(50-43)55-2)20-47-21-26-9-14-39(52)48-26/h3-8,17-18,24,26,37-38,47H,9-16,20-22H2,1-2H3,(H,48,52)(H,53,54)/t24-,26-,37-,38+/m1/s1. The fraction of sp³-hybridized carbons (Fsp3) is 0.386. The van der Waals surface area contributed by atoms with E-state index in [0.29, 0.717) is 71.8 Å². The molecule has 3 aromatic carbocycles. The van der Waals surface area contributed by atoms with Crippen LogP contribution in [0, 0.1) is 24.2 Å². The van der Waals surface area contributed by atoms with Crippen LogP contribution in [-0.4, -0.2) is 64.6 Å². The average Bonchev–Trinajstić information content (AvgIpc) is 4.06. The number of likely N-dealkylation sites (tertiary alicyclic amines) is 1. The van der Waals surface area contributed by atoms with E-state index in [9.17, 15) is 20.0 Å². The second kappa shape index (κ2) is 15.1. The number of carbonyl (C=O) groups excluding carboxylic acids is 1. The molecule has 2 aliphatic carbocycles. The molecule has 0 bridgehead atoms. The van der Waals surface area contributed by atoms with E-state index < -0.39 is 5.97 Å². The van der Waals surface area contributed by atoms with Gasteiger partial charge in [0.1, 0.15) is 28.3 Å². The molecule has 4 aliphatic rings. The summed E-state index contributed by atoms with van der Waals surface area (Å²) in [6, 6.07) is 18.9. The van der Waals surface area contributed by atoms with Gasteiger partial charge in [-0.25, -0.2) is 4.98 Å². The summed E-state index contributed by atoms with van der Waals surface area (Å²) < 4.78 is 18.6. The lowest BCUT2D eigenvalue weighted by Gasteiger charge is -2.24. The van der Waals surface area contributed by atoms with Gasteiger partial charge in [-0.1, -0.05) is 41.9 Å². The van der Waals surface area contributed by atoms with Crippen LogP contribution in [0.5, 0.6) is 11.8 Å². The van der Waals surface area contributed by atoms with Crippen LogP contribution in [0.4, 0.5) is 0 Å². The number of pyridine rings is 1. The van der Waals surface area contributed by atoms with Crippen LogP contribution in [0.2, 0.25) is 5.02 Å². The maximum absolute atomic E-state index is 11.7. The van der Waals surface area contributed by atoms with Crippen LogP contribution in [0.25, 0.3) is 33.7 Å². The van der Waals surface area contributed by atoms with Crippen LogP contribution < -0.4 is 20.1 Å². The van der Waals surface area contributed by atoms with Gasteiger partial charge in [0.15, 0.2) is 5.58 Å². The lowest BCUT2D eigenvalue weighted by atomic mass is 9.91. The zero-order valence-corrected chi connectivity index (χ0v) is 32.6. The van der Waals surface area contributed by atoms with Crippen molar-refractivity contribution in [1.82, 2.24) is 25.5 Å². The molecule has 0 unspecified atom stereocenters. The summed E-state index contributed by atoms with van der Waals surface area (Å²) in [6.45, 7) is 4.44. The Labute approximate surface area is 335 Å². The molecule has 1 amide bonds. The highest BCUT2D eigenvalue weighted by Crippen LogP contribution is 2.46. The van der Waals surface area contributed by atoms with E-state index in [4.69, 9.17) is 30.5 Å². The molecule has 4 atom stereocenters. The van der Waals surface area contributed by atoms with E-state index in [2.05, 4.69) is 57.8 Å². The molecule has 2 saturated heterocycles. The van der Waals surface area contributed by atoms with Gasteiger partial charge in [-0.15, -0.1) is 0 Å². The Kier molecular flexibility index (Phi) is 9.85. The highest BCUT2D eigenvalue weighted by atomic mass is 35.5. The maximum atomic E-state index is 11.7. The van der Waals surface area contributed by atoms with Crippen LogP contribution in [-0.2, 0) is 29.0 Å². The van der Waals surface area contributed by atoms with E-state index >= 15 is 0 Å². The number of hydrogen-bond acceptors (Lipinski definition) is 10. The highest BCUT2D eigenvalue weighted by molar-refractivity contribution is 6.31. The Morgan fingerprint density at radius 2 is 1.84 bits per heavy atom. The number of nitrogens with zero attached hydrogens (tertiary/aromatic N) is 4. The molecule has 3 N–H and O–H groups in total. The van der Waals surface area contributed by atoms with Gasteiger partial charge in [0, 0.05) is 49.3 Å². The molecule has 0 spiro atoms. The quantitative estimate of drug-likeness (QED) is 0.124. The van der Waals surface area contributed by atoms with Crippen LogP contribution >= 0.6 is 11.6 Å². The molecule has 4 heterocycles. The monoisotopic (exact) mass is 786 g/mol. The summed E-state index contributed by atoms with van der Waals surface area (Å²) in [7, 11) is 1.58. The molecule has 57 heavy (non-hydrogen) atoms. The van der Waals surface area contributed by atoms with Crippen molar-refractivity contribution < 1.29 is 28.6 Å². The Bertz CT molecular complexity index is 2480. The number of methoxy groups -OCH3 is 1. The number of ether oxygens (including phenoxy) is 2. The molecular weight excluding hydrogens is 744 g/mol. The van der Waals surface area contributed by atoms with Crippen molar-refractivity contribution in [3.05, 3.63) is 92.5 Å². The molecule has 0 saturated carbocycles. The molecular formula is C44H43ClN6O6. The highest BCUT2D eigenvalue weighted by Gasteiger charge is 2.38. The number of nitriles is 1. The van der Waals surface area contributed by atoms with Crippen molar-refractivity contribution in [3.8, 4) is 40.4 Å². The van der Waals surface area contributed by atoms with Crippen molar-refractivity contribution in [2.75, 3.05) is 26.7 Å². The van der Waals surface area contributed by atoms with Crippen LogP contribution in [0.15, 0.2) is 52.9 Å². The van der Waals surface area contributed by atoms with Crippen LogP contribution in [0.3, 0.4) is 0 Å². The number of fused-ring (bicyclic) bond motifs is 3. The van der Waals surface area contributed by atoms with Crippen molar-refractivity contribution >= 4 is 34.6 Å². The minimum absolute atomic E-state index is 0.0633. The Balaban J connectivity index is 0.967. The van der Waals surface area contributed by atoms with E-state index in [0.717, 1.165) is 83.2 Å². The summed E-state index contributed by atoms with van der Waals surface area (Å²) in [5.74, 6) is 0.179. The minimum Gasteiger partial charge on any atom is -0.481 e. The summed E-state index contributed by atoms with van der Waals surface area (Å²) in [5, 5.41) is 26.7. The molecule has 13 heteroatoms. The predicted octanol–water partition coefficient (Wildman–Crippen LogP) is 7.23. The topological polar surface area (TPSA) is 163 Å². The number of nitrogens with one attached hydrogen (secondary N) is 2. The molecule has 2 aromatic heterocycles. The van der Waals surface area contributed by atoms with Gasteiger partial charge in [0.05, 0.1) is 13.0 Å². The smallest absolute Gasteiger partial charge is 0.307 e. The number of oxazole rings is 1. The van der Waals surface area contributed by atoms with E-state index in [1.54, 1.807) is 7.11 Å². The number of rotatable bonds is 11. The number of carboxylic acids is 1. The van der Waals surface area contributed by atoms with Gasteiger partial charge in [0.25, 0.3) is 0 Å². The molecule has 292 valence electrons. The third kappa shape index (κ3) is 6.77. The number of amides is 1. The fourth-order valence-corrected chi connectivity index (χ4v) is 9.61. The van der Waals surface area contributed by atoms with Gasteiger partial charge < -0.3 is 29.6 Å². The molecule has 0 radical (unpaired) electrons. The Hall–Kier alpha value is -5.48. The Morgan fingerprint density at radius 1 is 1.04 bits per heavy atom. The number of aromatic nitrogens is 2. The molecule has 9 rings (SSSR count). The summed E-state index contributed by atoms with van der Waals surface area (Å²) in [5.41, 5.74) is 10.8. The zero-order chi connectivity index (χ0) is 39.4. The first-order chi connectivity index (χ1) is 27.7. The van der Waals surface area contributed by atoms with E-state index in [1.165, 1.54) is 5.56 Å². The number of hydrogen-bond donors (Lipinski definition) is 3. The summed E-state index contributed by atoms with van der Waals surface area (Å²) >= 11 is 6.76. The molecule has 12 nitrogen and oxygen atoms in total. The Morgan fingerprint density at radius 3 is 2.61 bits per heavy atom. The number of carbonyl (C=O) groups is 2. The fourth-order valence-electron chi connectivity index (χ4n) is 9.39. The number of halogens is 1. The van der Waals surface area contributed by atoms with E-state index in [-0.39, 0.29) is 30.0 Å². The SMILES string of the molecule is COc1nc(O[C@H]2CCc3c(-c4cccc(-c5nc6cc7c(c(C#N)c6o5)CC[C@H]7N5CC[C@@H](C(=O)O)C5)c4C)cccc32)c(Cl)cc1CNC[C@H]1CCC(=O)N1. The second-order valence-electron chi connectivity index (χ2n) is 15.5. The average molecular weight is 787 g/mol. The van der Waals surface area contributed by atoms with Crippen molar-refractivity contribution in [2.45, 2.75) is 76.6 Å². The number of aliphatic carboxylic acids is 1. The molecule has 5 aromatic rings. The predicted molar refractivity (Wildman–Crippen MR) is 213 cm³/mol. The first-order valence-corrected chi connectivity index (χ1v) is 20.0.